The van der Waals surface area contributed by atoms with Crippen LogP contribution < -0.4 is 66.9 Å². The van der Waals surface area contributed by atoms with Crippen LogP contribution in [-0.2, 0) is 4.79 Å². The standard InChI is InChI=1S/C8H5BClF3NO2.K/c10-7-4(9(11,12)13)1-2-5-8(7)14-6(15)3-16-5;/h1-2H,3H2,(H,14,15);/q-1;+1. The molecule has 1 aromatic carbocycles. The van der Waals surface area contributed by atoms with Gasteiger partial charge in [-0.2, -0.15) is 0 Å². The van der Waals surface area contributed by atoms with Crippen LogP contribution >= 0.6 is 11.6 Å². The second-order valence-corrected chi connectivity index (χ2v) is 3.63. The van der Waals surface area contributed by atoms with E-state index in [0.29, 0.717) is 0 Å². The first-order chi connectivity index (χ1) is 7.39. The van der Waals surface area contributed by atoms with Crippen molar-refractivity contribution in [3.05, 3.63) is 17.2 Å². The molecule has 9 heteroatoms. The van der Waals surface area contributed by atoms with Gasteiger partial charge in [-0.25, -0.2) is 0 Å². The summed E-state index contributed by atoms with van der Waals surface area (Å²) in [7, 11) is 0. The number of halogens is 4. The van der Waals surface area contributed by atoms with Crippen LogP contribution in [0.25, 0.3) is 0 Å². The van der Waals surface area contributed by atoms with Crippen molar-refractivity contribution in [2.75, 3.05) is 11.9 Å². The van der Waals surface area contributed by atoms with Gasteiger partial charge in [0, 0.05) is 5.02 Å². The van der Waals surface area contributed by atoms with Crippen LogP contribution in [0, 0.1) is 0 Å². The molecule has 1 aliphatic rings. The number of amides is 1. The fourth-order valence-corrected chi connectivity index (χ4v) is 1.71. The average Bonchev–Trinajstić information content (AvgIpc) is 2.17. The third-order valence-electron chi connectivity index (χ3n) is 2.11. The molecule has 0 fully saturated rings. The molecule has 1 amide bonds. The molecule has 0 aromatic heterocycles. The Balaban J connectivity index is 0.00000144. The summed E-state index contributed by atoms with van der Waals surface area (Å²) in [4.78, 5) is 11.0. The van der Waals surface area contributed by atoms with Crippen molar-refractivity contribution in [2.24, 2.45) is 0 Å². The maximum Gasteiger partial charge on any atom is 1.00 e. The minimum atomic E-state index is -5.21. The topological polar surface area (TPSA) is 38.3 Å². The van der Waals surface area contributed by atoms with E-state index in [9.17, 15) is 17.7 Å². The van der Waals surface area contributed by atoms with Crippen LogP contribution in [0.15, 0.2) is 12.1 Å². The van der Waals surface area contributed by atoms with Crippen molar-refractivity contribution in [1.82, 2.24) is 0 Å². The number of ether oxygens (including phenoxy) is 1. The van der Waals surface area contributed by atoms with Crippen molar-refractivity contribution in [2.45, 2.75) is 0 Å². The van der Waals surface area contributed by atoms with E-state index in [1.165, 1.54) is 0 Å². The Morgan fingerprint density at radius 2 is 2.00 bits per heavy atom. The van der Waals surface area contributed by atoms with Crippen LogP contribution in [0.1, 0.15) is 0 Å². The molecule has 0 saturated carbocycles. The van der Waals surface area contributed by atoms with Crippen molar-refractivity contribution >= 4 is 35.6 Å². The van der Waals surface area contributed by atoms with Crippen LogP contribution in [0.4, 0.5) is 18.6 Å². The van der Waals surface area contributed by atoms with Crippen molar-refractivity contribution < 1.29 is 73.9 Å². The Bertz CT molecular complexity index is 469. The number of rotatable bonds is 1. The number of fused-ring (bicyclic) bond motifs is 1. The zero-order chi connectivity index (χ0) is 11.9. The van der Waals surface area contributed by atoms with E-state index < -0.39 is 23.4 Å². The van der Waals surface area contributed by atoms with E-state index in [0.717, 1.165) is 12.1 Å². The first-order valence-electron chi connectivity index (χ1n) is 4.34. The average molecular weight is 289 g/mol. The second-order valence-electron chi connectivity index (χ2n) is 3.25. The zero-order valence-electron chi connectivity index (χ0n) is 8.77. The Labute approximate surface area is 143 Å². The molecule has 86 valence electrons. The molecule has 3 nitrogen and oxygen atoms in total. The number of carbonyl (C=O) groups excluding carboxylic acids is 1. The monoisotopic (exact) mass is 289 g/mol. The Kier molecular flexibility index (Phi) is 4.96. The molecule has 1 N–H and O–H groups in total. The summed E-state index contributed by atoms with van der Waals surface area (Å²) in [5.74, 6) is -0.380. The largest absolute Gasteiger partial charge is 1.00 e. The third-order valence-corrected chi connectivity index (χ3v) is 2.52. The molecule has 0 radical (unpaired) electrons. The van der Waals surface area contributed by atoms with Gasteiger partial charge in [0.2, 0.25) is 0 Å². The van der Waals surface area contributed by atoms with Gasteiger partial charge in [-0.3, -0.25) is 4.79 Å². The predicted octanol–water partition coefficient (Wildman–Crippen LogP) is -1.27. The number of carbonyl (C=O) groups is 1. The molecule has 0 atom stereocenters. The summed E-state index contributed by atoms with van der Waals surface area (Å²) in [6.07, 6.45) is 0. The van der Waals surface area contributed by atoms with Gasteiger partial charge < -0.3 is 23.0 Å². The maximum atomic E-state index is 12.5. The normalized spacial score (nSPS) is 14.2. The van der Waals surface area contributed by atoms with E-state index >= 15 is 0 Å². The molecule has 1 aromatic rings. The molecular weight excluding hydrogens is 284 g/mol. The molecule has 0 spiro atoms. The molecule has 1 heterocycles. The second kappa shape index (κ2) is 5.50. The molecule has 2 rings (SSSR count). The maximum absolute atomic E-state index is 12.5. The van der Waals surface area contributed by atoms with E-state index in [1.807, 2.05) is 0 Å². The molecule has 1 aliphatic heterocycles. The summed E-state index contributed by atoms with van der Waals surface area (Å²) in [5, 5.41) is 1.73. The zero-order valence-corrected chi connectivity index (χ0v) is 12.6. The first-order valence-corrected chi connectivity index (χ1v) is 4.72. The van der Waals surface area contributed by atoms with Crippen molar-refractivity contribution in [3.63, 3.8) is 0 Å². The van der Waals surface area contributed by atoms with Crippen LogP contribution in [-0.4, -0.2) is 19.5 Å². The van der Waals surface area contributed by atoms with E-state index in [1.54, 1.807) is 0 Å². The summed E-state index contributed by atoms with van der Waals surface area (Å²) < 4.78 is 42.5. The van der Waals surface area contributed by atoms with E-state index in [4.69, 9.17) is 16.3 Å². The van der Waals surface area contributed by atoms with E-state index in [-0.39, 0.29) is 69.4 Å². The Morgan fingerprint density at radius 1 is 1.35 bits per heavy atom. The number of nitrogens with one attached hydrogen (secondary N) is 1. The fraction of sp³-hybridized carbons (Fsp3) is 0.125. The van der Waals surface area contributed by atoms with Gasteiger partial charge in [-0.05, 0) is 6.07 Å². The Morgan fingerprint density at radius 3 is 2.59 bits per heavy atom. The molecule has 0 saturated heterocycles. The smallest absolute Gasteiger partial charge is 0.482 e. The summed E-state index contributed by atoms with van der Waals surface area (Å²) >= 11 is 5.58. The van der Waals surface area contributed by atoms with Gasteiger partial charge in [0.1, 0.15) is 5.75 Å². The van der Waals surface area contributed by atoms with Gasteiger partial charge in [-0.15, -0.1) is 0 Å². The van der Waals surface area contributed by atoms with Crippen molar-refractivity contribution in [3.8, 4) is 5.75 Å². The van der Waals surface area contributed by atoms with Gasteiger partial charge in [0.05, 0.1) is 5.69 Å². The number of benzene rings is 1. The first kappa shape index (κ1) is 15.3. The number of hydrogen-bond acceptors (Lipinski definition) is 2. The summed E-state index contributed by atoms with van der Waals surface area (Å²) in [6.45, 7) is -5.43. The minimum Gasteiger partial charge on any atom is -0.482 e. The SMILES string of the molecule is O=C1COc2ccc([B-](F)(F)F)c(Cl)c2N1.[K+]. The van der Waals surface area contributed by atoms with Crippen molar-refractivity contribution in [1.29, 1.82) is 0 Å². The van der Waals surface area contributed by atoms with Crippen LogP contribution in [0.5, 0.6) is 5.75 Å². The molecule has 17 heavy (non-hydrogen) atoms. The molecule has 0 bridgehead atoms. The van der Waals surface area contributed by atoms with Gasteiger partial charge in [0.15, 0.2) is 6.61 Å². The number of anilines is 1. The summed E-state index contributed by atoms with van der Waals surface area (Å²) in [6, 6.07) is 1.99. The minimum absolute atomic E-state index is 0. The van der Waals surface area contributed by atoms with Gasteiger partial charge >= 0.3 is 58.4 Å². The van der Waals surface area contributed by atoms with Gasteiger partial charge in [-0.1, -0.05) is 23.1 Å². The molecular formula is C8H5BClF3KNO2. The molecule has 0 unspecified atom stereocenters. The van der Waals surface area contributed by atoms with Crippen LogP contribution in [0.3, 0.4) is 0 Å². The van der Waals surface area contributed by atoms with Gasteiger partial charge in [0.25, 0.3) is 5.91 Å². The van der Waals surface area contributed by atoms with E-state index in [2.05, 4.69) is 5.32 Å². The summed E-state index contributed by atoms with van der Waals surface area (Å²) in [5.41, 5.74) is -1.05. The molecule has 0 aliphatic carbocycles. The quantitative estimate of drug-likeness (QED) is 0.655. The third kappa shape index (κ3) is 3.18. The predicted molar refractivity (Wildman–Crippen MR) is 54.3 cm³/mol. The number of hydrogen-bond donors (Lipinski definition) is 1. The van der Waals surface area contributed by atoms with Crippen LogP contribution in [0.2, 0.25) is 5.02 Å². The fourth-order valence-electron chi connectivity index (χ4n) is 1.38. The Hall–Kier alpha value is 0.271.